The molecule has 480 valence electrons. The quantitative estimate of drug-likeness (QED) is 0.100. The first-order chi connectivity index (χ1) is 45.8. The van der Waals surface area contributed by atoms with E-state index in [1.807, 2.05) is 74.7 Å². The maximum atomic E-state index is 11.8. The van der Waals surface area contributed by atoms with Crippen molar-refractivity contribution in [2.45, 2.75) is 143 Å². The third-order valence-corrected chi connectivity index (χ3v) is 20.5. The molecule has 12 nitrogen and oxygen atoms in total. The molecular formula is C82H88N8O4. The number of allylic oxidation sites excluding steroid dienone is 4. The lowest BCUT2D eigenvalue weighted by molar-refractivity contribution is -0.113. The van der Waals surface area contributed by atoms with Crippen molar-refractivity contribution < 1.29 is 19.1 Å². The molecule has 12 heteroatoms. The number of nitrogens with one attached hydrogen (secondary N) is 1. The molecule has 11 aromatic rings. The van der Waals surface area contributed by atoms with Gasteiger partial charge in [-0.3, -0.25) is 27.9 Å². The SMILES string of the molecule is CC(=O)C1=CC(c2ccc(Cc3ccc(C4CCC(C(C)C)CC4)cc3)c3nccn23)=CC1.CC(=O)c1ccc(-c2ccc(Cc3ccc(C4CCOCC4)c(C)c3)c3nccn23)cc1C.Cc1cc(Cc2ccc(-c3cn[nH]c3)n3ccnc23)ccc1C1CCOCC1. The summed E-state index contributed by atoms with van der Waals surface area (Å²) in [5, 5.41) is 6.96. The molecule has 0 spiro atoms. The number of aryl methyl sites for hydroxylation is 3. The minimum atomic E-state index is 0.0975. The number of pyridine rings is 3. The number of imidazole rings is 3. The summed E-state index contributed by atoms with van der Waals surface area (Å²) in [6.45, 7) is 18.0. The molecular weight excluding hydrogens is 1160 g/mol. The summed E-state index contributed by atoms with van der Waals surface area (Å²) in [4.78, 5) is 37.5. The maximum Gasteiger partial charge on any atom is 0.160 e. The minimum Gasteiger partial charge on any atom is -0.381 e. The lowest BCUT2D eigenvalue weighted by Gasteiger charge is -2.31. The average Bonchev–Trinajstić information content (AvgIpc) is 1.56. The number of ketones is 2. The average molecular weight is 1250 g/mol. The van der Waals surface area contributed by atoms with Gasteiger partial charge >= 0.3 is 0 Å². The van der Waals surface area contributed by atoms with Crippen molar-refractivity contribution in [3.63, 3.8) is 0 Å². The molecule has 2 aliphatic carbocycles. The number of fused-ring (bicyclic) bond motifs is 3. The van der Waals surface area contributed by atoms with Crippen molar-refractivity contribution in [2.24, 2.45) is 11.8 Å². The molecule has 15 rings (SSSR count). The van der Waals surface area contributed by atoms with Crippen LogP contribution in [-0.2, 0) is 33.5 Å². The second kappa shape index (κ2) is 28.6. The summed E-state index contributed by atoms with van der Waals surface area (Å²) in [5.74, 6) is 3.94. The van der Waals surface area contributed by atoms with Crippen LogP contribution in [0.15, 0.2) is 183 Å². The van der Waals surface area contributed by atoms with E-state index in [9.17, 15) is 9.59 Å². The van der Waals surface area contributed by atoms with E-state index in [1.54, 1.807) is 13.8 Å². The van der Waals surface area contributed by atoms with Crippen molar-refractivity contribution in [1.29, 1.82) is 0 Å². The number of ether oxygens (including phenoxy) is 2. The largest absolute Gasteiger partial charge is 0.381 e. The van der Waals surface area contributed by atoms with Gasteiger partial charge in [0.1, 0.15) is 16.9 Å². The van der Waals surface area contributed by atoms with Gasteiger partial charge in [-0.1, -0.05) is 111 Å². The van der Waals surface area contributed by atoms with E-state index in [4.69, 9.17) is 9.47 Å². The van der Waals surface area contributed by atoms with Crippen molar-refractivity contribution in [2.75, 3.05) is 26.4 Å². The fraction of sp³-hybridized carbons (Fsp3) is 0.341. The number of hydrogen-bond donors (Lipinski definition) is 1. The molecule has 0 radical (unpaired) electrons. The van der Waals surface area contributed by atoms with Crippen LogP contribution in [0.3, 0.4) is 0 Å². The van der Waals surface area contributed by atoms with Gasteiger partial charge in [0, 0.05) is 100 Å². The van der Waals surface area contributed by atoms with E-state index in [-0.39, 0.29) is 11.6 Å². The van der Waals surface area contributed by atoms with Gasteiger partial charge in [-0.05, 0) is 236 Å². The molecule has 0 unspecified atom stereocenters. The van der Waals surface area contributed by atoms with E-state index in [0.717, 1.165) is 157 Å². The molecule has 1 N–H and O–H groups in total. The van der Waals surface area contributed by atoms with E-state index in [1.165, 1.54) is 86.9 Å². The molecule has 2 aliphatic heterocycles. The number of Topliss-reactive ketones (excluding diaryl/α,β-unsaturated/α-hetero) is 2. The van der Waals surface area contributed by atoms with Crippen molar-refractivity contribution in [3.05, 3.63) is 261 Å². The first-order valence-electron chi connectivity index (χ1n) is 34.1. The summed E-state index contributed by atoms with van der Waals surface area (Å²) in [7, 11) is 0. The highest BCUT2D eigenvalue weighted by Crippen LogP contribution is 2.40. The third-order valence-electron chi connectivity index (χ3n) is 20.5. The predicted molar refractivity (Wildman–Crippen MR) is 377 cm³/mol. The Balaban J connectivity index is 0.000000129. The fourth-order valence-corrected chi connectivity index (χ4v) is 15.2. The Morgan fingerprint density at radius 1 is 0.521 bits per heavy atom. The Labute approximate surface area is 553 Å². The second-order valence-electron chi connectivity index (χ2n) is 27.0. The minimum absolute atomic E-state index is 0.0975. The van der Waals surface area contributed by atoms with Crippen LogP contribution in [0, 0.1) is 32.6 Å². The zero-order chi connectivity index (χ0) is 64.8. The first kappa shape index (κ1) is 63.6. The van der Waals surface area contributed by atoms with Crippen LogP contribution in [0.25, 0.3) is 45.0 Å². The molecule has 4 aromatic carbocycles. The number of aromatic amines is 1. The highest BCUT2D eigenvalue weighted by atomic mass is 16.5. The highest BCUT2D eigenvalue weighted by Gasteiger charge is 2.26. The standard InChI is InChI=1S/C30H34N2O.C29H30N2O2.C23H24N4O/c1-20(2)23-8-10-25(11-9-23)24-6-4-22(5-7-24)18-28-14-15-29(32-17-16-31-30(28)32)27-13-12-26(19-27)21(3)33;1-19-16-22(4-7-27(19)23-10-14-33-15-11-23)18-25-6-9-28(31-13-12-30-29(25)31)24-5-8-26(21(3)32)20(2)17-24;1-16-12-17(2-4-21(16)18-6-10-28-11-7-18)13-19-3-5-22(20-14-25-26-15-20)27-9-8-24-23(19)27/h4-7,13-17,19-20,23,25H,8-12,18H2,1-3H3;4-9,12-13,16-17,23H,10-11,14-15,18H2,1-3H3;2-5,8-9,12,14-15,18H,6-7,10-11,13H2,1H3,(H,25,26). The van der Waals surface area contributed by atoms with Crippen LogP contribution in [0.5, 0.6) is 0 Å². The molecule has 0 amide bonds. The van der Waals surface area contributed by atoms with Crippen LogP contribution in [0.4, 0.5) is 0 Å². The van der Waals surface area contributed by atoms with E-state index < -0.39 is 0 Å². The normalized spacial score (nSPS) is 17.0. The zero-order valence-electron chi connectivity index (χ0n) is 55.7. The molecule has 4 aliphatic rings. The van der Waals surface area contributed by atoms with E-state index >= 15 is 0 Å². The second-order valence-corrected chi connectivity index (χ2v) is 27.0. The van der Waals surface area contributed by atoms with Gasteiger partial charge in [-0.25, -0.2) is 15.0 Å². The van der Waals surface area contributed by atoms with Gasteiger partial charge in [0.05, 0.1) is 23.3 Å². The molecule has 0 bridgehead atoms. The molecule has 9 heterocycles. The van der Waals surface area contributed by atoms with Gasteiger partial charge < -0.3 is 9.47 Å². The molecule has 94 heavy (non-hydrogen) atoms. The Morgan fingerprint density at radius 2 is 1.02 bits per heavy atom. The van der Waals surface area contributed by atoms with Gasteiger partial charge in [0.2, 0.25) is 0 Å². The number of carbonyl (C=O) groups excluding carboxylic acids is 2. The first-order valence-corrected chi connectivity index (χ1v) is 34.1. The number of nitrogens with zero attached hydrogens (tertiary/aromatic N) is 7. The lowest BCUT2D eigenvalue weighted by atomic mass is 9.75. The number of carbonyl (C=O) groups is 2. The van der Waals surface area contributed by atoms with Crippen LogP contribution < -0.4 is 0 Å². The molecule has 7 aromatic heterocycles. The van der Waals surface area contributed by atoms with Crippen molar-refractivity contribution in [1.82, 2.24) is 38.4 Å². The summed E-state index contributed by atoms with van der Waals surface area (Å²) in [5.41, 5.74) is 27.0. The lowest BCUT2D eigenvalue weighted by Crippen LogP contribution is -2.17. The molecule has 2 saturated heterocycles. The summed E-state index contributed by atoms with van der Waals surface area (Å²) < 4.78 is 17.5. The topological polar surface area (TPSA) is 133 Å². The zero-order valence-corrected chi connectivity index (χ0v) is 55.7. The van der Waals surface area contributed by atoms with E-state index in [2.05, 4.69) is 175 Å². The smallest absolute Gasteiger partial charge is 0.160 e. The Morgan fingerprint density at radius 3 is 1.49 bits per heavy atom. The molecule has 1 saturated carbocycles. The van der Waals surface area contributed by atoms with Crippen molar-refractivity contribution in [3.8, 4) is 22.5 Å². The Bertz CT molecular complexity index is 4560. The van der Waals surface area contributed by atoms with Gasteiger partial charge in [0.15, 0.2) is 11.6 Å². The Kier molecular flexibility index (Phi) is 19.4. The number of benzene rings is 4. The third kappa shape index (κ3) is 14.1. The van der Waals surface area contributed by atoms with E-state index in [0.29, 0.717) is 18.3 Å². The van der Waals surface area contributed by atoms with Gasteiger partial charge in [0.25, 0.3) is 0 Å². The van der Waals surface area contributed by atoms with Gasteiger partial charge in [-0.15, -0.1) is 0 Å². The highest BCUT2D eigenvalue weighted by molar-refractivity contribution is 5.99. The number of aromatic nitrogens is 8. The number of H-pyrrole nitrogens is 1. The molecule has 3 fully saturated rings. The van der Waals surface area contributed by atoms with Crippen LogP contribution in [0.2, 0.25) is 0 Å². The predicted octanol–water partition coefficient (Wildman–Crippen LogP) is 18.0. The van der Waals surface area contributed by atoms with Crippen LogP contribution in [-0.4, -0.2) is 76.3 Å². The van der Waals surface area contributed by atoms with Crippen molar-refractivity contribution >= 4 is 34.1 Å². The maximum absolute atomic E-state index is 11.8. The van der Waals surface area contributed by atoms with Crippen LogP contribution in [0.1, 0.15) is 186 Å². The fourth-order valence-electron chi connectivity index (χ4n) is 15.2. The summed E-state index contributed by atoms with van der Waals surface area (Å²) in [6.07, 6.45) is 32.7. The number of rotatable bonds is 15. The monoisotopic (exact) mass is 1250 g/mol. The van der Waals surface area contributed by atoms with Gasteiger partial charge in [-0.2, -0.15) is 5.10 Å². The summed E-state index contributed by atoms with van der Waals surface area (Å²) in [6, 6.07) is 42.3. The number of hydrogen-bond acceptors (Lipinski definition) is 8. The van der Waals surface area contributed by atoms with Crippen LogP contribution >= 0.6 is 0 Å². The molecule has 0 atom stereocenters. The Hall–Kier alpha value is -9.10. The summed E-state index contributed by atoms with van der Waals surface area (Å²) >= 11 is 0.